The van der Waals surface area contributed by atoms with Gasteiger partial charge in [-0.3, -0.25) is 19.5 Å². The van der Waals surface area contributed by atoms with Crippen molar-refractivity contribution in [2.24, 2.45) is 0 Å². The first-order valence-corrected chi connectivity index (χ1v) is 10.7. The van der Waals surface area contributed by atoms with Crippen LogP contribution >= 0.6 is 0 Å². The van der Waals surface area contributed by atoms with Gasteiger partial charge in [-0.25, -0.2) is 8.78 Å². The number of carbonyl (C=O) groups excluding carboxylic acids is 2. The molecule has 1 aliphatic rings. The van der Waals surface area contributed by atoms with E-state index in [2.05, 4.69) is 10.3 Å². The number of hydrogen-bond acceptors (Lipinski definition) is 6. The van der Waals surface area contributed by atoms with E-state index in [4.69, 9.17) is 9.47 Å². The van der Waals surface area contributed by atoms with E-state index in [1.54, 1.807) is 19.2 Å². The van der Waals surface area contributed by atoms with Crippen LogP contribution in [0.15, 0.2) is 54.7 Å². The molecule has 1 saturated heterocycles. The van der Waals surface area contributed by atoms with E-state index in [0.717, 1.165) is 18.2 Å². The quantitative estimate of drug-likeness (QED) is 0.580. The summed E-state index contributed by atoms with van der Waals surface area (Å²) < 4.78 is 38.1. The van der Waals surface area contributed by atoms with Crippen molar-refractivity contribution in [3.8, 4) is 22.9 Å². The van der Waals surface area contributed by atoms with Crippen molar-refractivity contribution in [2.45, 2.75) is 18.1 Å². The van der Waals surface area contributed by atoms with Crippen LogP contribution in [-0.2, 0) is 9.53 Å². The first-order chi connectivity index (χ1) is 16.7. The number of likely N-dealkylation sites (tertiary alicyclic amines) is 1. The monoisotopic (exact) mass is 480 g/mol. The van der Waals surface area contributed by atoms with Crippen LogP contribution in [0.2, 0.25) is 0 Å². The van der Waals surface area contributed by atoms with Crippen molar-refractivity contribution in [1.29, 1.82) is 5.26 Å². The standard InChI is InChI=1S/C25H22F2N4O4/c1-34-18-6-3-16(4-7-18)17-5-8-21-20(11-17)19(9-10-29-21)23(33)30-12-22(32)31-15-24(26,27)13-25(31,14-28)35-2/h3-11H,12-13,15H2,1-2H3,(H,30,33). The highest BCUT2D eigenvalue weighted by atomic mass is 19.3. The fourth-order valence-electron chi connectivity index (χ4n) is 4.13. The van der Waals surface area contributed by atoms with Crippen molar-refractivity contribution in [2.75, 3.05) is 27.3 Å². The molecule has 2 amide bonds. The number of halogens is 2. The number of aromatic nitrogens is 1. The molecule has 2 aromatic carbocycles. The highest BCUT2D eigenvalue weighted by Crippen LogP contribution is 2.39. The van der Waals surface area contributed by atoms with E-state index in [1.807, 2.05) is 36.4 Å². The average Bonchev–Trinajstić information content (AvgIpc) is 3.17. The highest BCUT2D eigenvalue weighted by molar-refractivity contribution is 6.07. The van der Waals surface area contributed by atoms with Crippen LogP contribution in [0.4, 0.5) is 8.78 Å². The summed E-state index contributed by atoms with van der Waals surface area (Å²) in [7, 11) is 2.67. The van der Waals surface area contributed by atoms with Gasteiger partial charge in [0.15, 0.2) is 0 Å². The molecule has 4 rings (SSSR count). The van der Waals surface area contributed by atoms with E-state index in [0.29, 0.717) is 21.6 Å². The molecule has 1 unspecified atom stereocenters. The lowest BCUT2D eigenvalue weighted by atomic mass is 10.0. The molecule has 0 saturated carbocycles. The molecule has 3 aromatic rings. The topological polar surface area (TPSA) is 105 Å². The molecule has 35 heavy (non-hydrogen) atoms. The van der Waals surface area contributed by atoms with Gasteiger partial charge in [0.1, 0.15) is 11.8 Å². The number of rotatable bonds is 6. The van der Waals surface area contributed by atoms with E-state index in [-0.39, 0.29) is 5.56 Å². The van der Waals surface area contributed by atoms with Gasteiger partial charge >= 0.3 is 0 Å². The highest BCUT2D eigenvalue weighted by Gasteiger charge is 2.58. The molecule has 1 aromatic heterocycles. The summed E-state index contributed by atoms with van der Waals surface area (Å²) in [6.07, 6.45) is 0.536. The van der Waals surface area contributed by atoms with Crippen molar-refractivity contribution in [3.63, 3.8) is 0 Å². The van der Waals surface area contributed by atoms with E-state index >= 15 is 0 Å². The van der Waals surface area contributed by atoms with Gasteiger partial charge in [-0.15, -0.1) is 0 Å². The summed E-state index contributed by atoms with van der Waals surface area (Å²) in [5, 5.41) is 12.4. The zero-order chi connectivity index (χ0) is 25.2. The number of amides is 2. The maximum absolute atomic E-state index is 14.0. The van der Waals surface area contributed by atoms with Gasteiger partial charge in [-0.1, -0.05) is 18.2 Å². The second-order valence-corrected chi connectivity index (χ2v) is 8.11. The predicted octanol–water partition coefficient (Wildman–Crippen LogP) is 3.37. The lowest BCUT2D eigenvalue weighted by Gasteiger charge is -2.29. The van der Waals surface area contributed by atoms with E-state index < -0.39 is 43.0 Å². The first-order valence-electron chi connectivity index (χ1n) is 10.7. The molecule has 180 valence electrons. The SMILES string of the molecule is COc1ccc(-c2ccc3nccc(C(=O)NCC(=O)N4CC(F)(F)CC4(C#N)OC)c3c2)cc1. The largest absolute Gasteiger partial charge is 0.497 e. The molecule has 0 aliphatic carbocycles. The number of alkyl halides is 2. The zero-order valence-corrected chi connectivity index (χ0v) is 19.0. The van der Waals surface area contributed by atoms with Crippen LogP contribution in [0.5, 0.6) is 5.75 Å². The Labute approximate surface area is 200 Å². The second kappa shape index (κ2) is 9.27. The summed E-state index contributed by atoms with van der Waals surface area (Å²) in [6, 6.07) is 16.1. The van der Waals surface area contributed by atoms with Crippen LogP contribution in [-0.4, -0.2) is 60.7 Å². The minimum absolute atomic E-state index is 0.267. The van der Waals surface area contributed by atoms with Crippen LogP contribution in [0, 0.1) is 11.3 Å². The van der Waals surface area contributed by atoms with Gasteiger partial charge in [-0.05, 0) is 41.5 Å². The molecule has 0 spiro atoms. The van der Waals surface area contributed by atoms with Crippen LogP contribution in [0.25, 0.3) is 22.0 Å². The number of ether oxygens (including phenoxy) is 2. The number of benzene rings is 2. The predicted molar refractivity (Wildman–Crippen MR) is 123 cm³/mol. The molecule has 2 heterocycles. The maximum atomic E-state index is 14.0. The Morgan fingerprint density at radius 1 is 1.14 bits per heavy atom. The van der Waals surface area contributed by atoms with E-state index in [1.165, 1.54) is 12.3 Å². The zero-order valence-electron chi connectivity index (χ0n) is 19.0. The van der Waals surface area contributed by atoms with Crippen molar-refractivity contribution >= 4 is 22.7 Å². The van der Waals surface area contributed by atoms with Gasteiger partial charge in [-0.2, -0.15) is 5.26 Å². The van der Waals surface area contributed by atoms with Crippen LogP contribution < -0.4 is 10.1 Å². The molecule has 0 bridgehead atoms. The van der Waals surface area contributed by atoms with Gasteiger partial charge in [0.25, 0.3) is 11.8 Å². The summed E-state index contributed by atoms with van der Waals surface area (Å²) in [6.45, 7) is -1.55. The molecular weight excluding hydrogens is 458 g/mol. The molecule has 10 heteroatoms. The third-order valence-corrected chi connectivity index (χ3v) is 5.95. The average molecular weight is 480 g/mol. The number of nitriles is 1. The fraction of sp³-hybridized carbons (Fsp3) is 0.280. The summed E-state index contributed by atoms with van der Waals surface area (Å²) in [5.74, 6) is -3.99. The lowest BCUT2D eigenvalue weighted by Crippen LogP contribution is -2.51. The van der Waals surface area contributed by atoms with Crippen molar-refractivity contribution in [1.82, 2.24) is 15.2 Å². The van der Waals surface area contributed by atoms with Gasteiger partial charge < -0.3 is 14.8 Å². The van der Waals surface area contributed by atoms with E-state index in [9.17, 15) is 23.6 Å². The number of carbonyl (C=O) groups is 2. The normalized spacial score (nSPS) is 18.8. The lowest BCUT2D eigenvalue weighted by molar-refractivity contribution is -0.147. The van der Waals surface area contributed by atoms with Gasteiger partial charge in [0.05, 0.1) is 37.7 Å². The maximum Gasteiger partial charge on any atom is 0.271 e. The summed E-state index contributed by atoms with van der Waals surface area (Å²) in [4.78, 5) is 30.6. The Kier molecular flexibility index (Phi) is 6.37. The Hall–Kier alpha value is -4.10. The Morgan fingerprint density at radius 3 is 2.51 bits per heavy atom. The summed E-state index contributed by atoms with van der Waals surface area (Å²) in [5.41, 5.74) is 0.505. The second-order valence-electron chi connectivity index (χ2n) is 8.11. The first kappa shape index (κ1) is 24.0. The fourth-order valence-corrected chi connectivity index (χ4v) is 4.13. The minimum Gasteiger partial charge on any atom is -0.497 e. The number of nitrogens with zero attached hydrogens (tertiary/aromatic N) is 3. The molecule has 1 atom stereocenters. The number of nitrogens with one attached hydrogen (secondary N) is 1. The third-order valence-electron chi connectivity index (χ3n) is 5.95. The minimum atomic E-state index is -3.27. The Bertz CT molecular complexity index is 1320. The Morgan fingerprint density at radius 2 is 1.86 bits per heavy atom. The number of pyridine rings is 1. The number of methoxy groups -OCH3 is 2. The van der Waals surface area contributed by atoms with Gasteiger partial charge in [0, 0.05) is 18.7 Å². The summed E-state index contributed by atoms with van der Waals surface area (Å²) >= 11 is 0. The smallest absolute Gasteiger partial charge is 0.271 e. The van der Waals surface area contributed by atoms with Gasteiger partial charge in [0.2, 0.25) is 11.6 Å². The third kappa shape index (κ3) is 4.63. The number of fused-ring (bicyclic) bond motifs is 1. The van der Waals surface area contributed by atoms with Crippen molar-refractivity contribution < 1.29 is 27.8 Å². The Balaban J connectivity index is 1.56. The molecule has 8 nitrogen and oxygen atoms in total. The van der Waals surface area contributed by atoms with Crippen LogP contribution in [0.1, 0.15) is 16.8 Å². The van der Waals surface area contributed by atoms with Crippen LogP contribution in [0.3, 0.4) is 0 Å². The van der Waals surface area contributed by atoms with Crippen molar-refractivity contribution in [3.05, 3.63) is 60.3 Å². The molecule has 1 N–H and O–H groups in total. The molecule has 1 fully saturated rings. The number of hydrogen-bond donors (Lipinski definition) is 1. The molecular formula is C25H22F2N4O4. The molecule has 0 radical (unpaired) electrons. The molecule has 1 aliphatic heterocycles.